The van der Waals surface area contributed by atoms with Gasteiger partial charge in [0.25, 0.3) is 0 Å². The summed E-state index contributed by atoms with van der Waals surface area (Å²) in [5, 5.41) is 2.40. The highest BCUT2D eigenvalue weighted by Crippen LogP contribution is 2.27. The topological polar surface area (TPSA) is 9.23 Å². The molecule has 1 nitrogen and oxygen atoms in total. The number of rotatable bonds is 3. The normalized spacial score (nSPS) is 14.9. The molecule has 1 aliphatic carbocycles. The van der Waals surface area contributed by atoms with Gasteiger partial charge in [-0.25, -0.2) is 0 Å². The summed E-state index contributed by atoms with van der Waals surface area (Å²) in [6.07, 6.45) is 6.10. The maximum Gasteiger partial charge on any atom is 0.120 e. The van der Waals surface area contributed by atoms with Crippen LogP contribution in [-0.2, 0) is 0 Å². The van der Waals surface area contributed by atoms with Gasteiger partial charge >= 0.3 is 0 Å². The van der Waals surface area contributed by atoms with E-state index in [-0.39, 0.29) is 0 Å². The maximum atomic E-state index is 6.05. The molecule has 2 aromatic carbocycles. The predicted octanol–water partition coefficient (Wildman–Crippen LogP) is 5.14. The third-order valence-corrected chi connectivity index (χ3v) is 4.06. The van der Waals surface area contributed by atoms with Crippen molar-refractivity contribution in [2.75, 3.05) is 5.88 Å². The van der Waals surface area contributed by atoms with Crippen molar-refractivity contribution >= 4 is 22.4 Å². The van der Waals surface area contributed by atoms with Gasteiger partial charge < -0.3 is 4.74 Å². The number of fused-ring (bicyclic) bond motifs is 1. The van der Waals surface area contributed by atoms with Gasteiger partial charge in [0.2, 0.25) is 0 Å². The minimum atomic E-state index is 0.406. The standard InChI is InChI=1S/C19H19ClO/c20-12-4-3-5-15-8-9-17-14-19(11-10-16(17)13-15)21-18-6-1-2-7-18/h8-11,13-14,18H,1-2,4,6-7,12H2. The highest BCUT2D eigenvalue weighted by Gasteiger charge is 2.16. The second kappa shape index (κ2) is 6.87. The monoisotopic (exact) mass is 298 g/mol. The summed E-state index contributed by atoms with van der Waals surface area (Å²) in [5.41, 5.74) is 1.04. The van der Waals surface area contributed by atoms with E-state index < -0.39 is 0 Å². The molecule has 0 aliphatic heterocycles. The number of alkyl halides is 1. The third kappa shape index (κ3) is 3.71. The number of benzene rings is 2. The molecular formula is C19H19ClO. The molecule has 1 saturated carbocycles. The van der Waals surface area contributed by atoms with Crippen molar-refractivity contribution in [3.8, 4) is 17.6 Å². The Balaban J connectivity index is 1.79. The van der Waals surface area contributed by atoms with Gasteiger partial charge in [-0.05, 0) is 60.7 Å². The first kappa shape index (κ1) is 14.3. The van der Waals surface area contributed by atoms with Crippen LogP contribution in [0.5, 0.6) is 5.75 Å². The second-order valence-corrected chi connectivity index (χ2v) is 5.87. The number of ether oxygens (including phenoxy) is 1. The van der Waals surface area contributed by atoms with Crippen LogP contribution in [0.3, 0.4) is 0 Å². The van der Waals surface area contributed by atoms with Crippen LogP contribution in [0.2, 0.25) is 0 Å². The Bertz CT molecular complexity index is 675. The first-order valence-electron chi connectivity index (χ1n) is 7.60. The van der Waals surface area contributed by atoms with Crippen LogP contribution in [-0.4, -0.2) is 12.0 Å². The van der Waals surface area contributed by atoms with Crippen molar-refractivity contribution < 1.29 is 4.74 Å². The summed E-state index contributed by atoms with van der Waals surface area (Å²) in [7, 11) is 0. The lowest BCUT2D eigenvalue weighted by Crippen LogP contribution is -2.10. The van der Waals surface area contributed by atoms with Crippen molar-refractivity contribution in [1.82, 2.24) is 0 Å². The second-order valence-electron chi connectivity index (χ2n) is 5.49. The minimum Gasteiger partial charge on any atom is -0.490 e. The van der Waals surface area contributed by atoms with Crippen molar-refractivity contribution in [1.29, 1.82) is 0 Å². The highest BCUT2D eigenvalue weighted by molar-refractivity contribution is 6.18. The molecule has 0 radical (unpaired) electrons. The lowest BCUT2D eigenvalue weighted by atomic mass is 10.1. The lowest BCUT2D eigenvalue weighted by molar-refractivity contribution is 0.210. The van der Waals surface area contributed by atoms with Gasteiger partial charge in [-0.2, -0.15) is 0 Å². The highest BCUT2D eigenvalue weighted by atomic mass is 35.5. The quantitative estimate of drug-likeness (QED) is 0.563. The zero-order valence-electron chi connectivity index (χ0n) is 12.1. The third-order valence-electron chi connectivity index (χ3n) is 3.87. The van der Waals surface area contributed by atoms with E-state index in [1.54, 1.807) is 0 Å². The summed E-state index contributed by atoms with van der Waals surface area (Å²) < 4.78 is 6.05. The molecule has 2 aromatic rings. The van der Waals surface area contributed by atoms with Crippen LogP contribution in [0.4, 0.5) is 0 Å². The molecule has 21 heavy (non-hydrogen) atoms. The van der Waals surface area contributed by atoms with E-state index in [1.165, 1.54) is 36.5 Å². The van der Waals surface area contributed by atoms with Crippen molar-refractivity contribution in [3.63, 3.8) is 0 Å². The van der Waals surface area contributed by atoms with Gasteiger partial charge in [0, 0.05) is 17.9 Å². The van der Waals surface area contributed by atoms with Crippen LogP contribution < -0.4 is 4.74 Å². The van der Waals surface area contributed by atoms with E-state index in [1.807, 2.05) is 0 Å². The summed E-state index contributed by atoms with van der Waals surface area (Å²) in [6.45, 7) is 0. The molecule has 2 heteroatoms. The first-order chi connectivity index (χ1) is 10.3. The van der Waals surface area contributed by atoms with Gasteiger partial charge in [-0.15, -0.1) is 11.6 Å². The SMILES string of the molecule is ClCCC#Cc1ccc2cc(OC3CCCC3)ccc2c1. The Hall–Kier alpha value is -1.65. The smallest absolute Gasteiger partial charge is 0.120 e. The molecule has 0 atom stereocenters. The average molecular weight is 299 g/mol. The largest absolute Gasteiger partial charge is 0.490 e. The summed E-state index contributed by atoms with van der Waals surface area (Å²) in [6, 6.07) is 12.6. The Morgan fingerprint density at radius 1 is 1.05 bits per heavy atom. The predicted molar refractivity (Wildman–Crippen MR) is 89.0 cm³/mol. The molecule has 0 saturated heterocycles. The summed E-state index contributed by atoms with van der Waals surface area (Å²) in [5.74, 6) is 7.78. The lowest BCUT2D eigenvalue weighted by Gasteiger charge is -2.13. The van der Waals surface area contributed by atoms with E-state index in [0.29, 0.717) is 12.0 Å². The Kier molecular flexibility index (Phi) is 4.68. The molecule has 0 amide bonds. The Morgan fingerprint density at radius 3 is 2.62 bits per heavy atom. The molecule has 0 bridgehead atoms. The molecular weight excluding hydrogens is 280 g/mol. The molecule has 108 valence electrons. The molecule has 1 fully saturated rings. The zero-order chi connectivity index (χ0) is 14.5. The van der Waals surface area contributed by atoms with Crippen LogP contribution in [0.25, 0.3) is 10.8 Å². The van der Waals surface area contributed by atoms with Crippen molar-refractivity contribution in [2.45, 2.75) is 38.2 Å². The molecule has 0 unspecified atom stereocenters. The van der Waals surface area contributed by atoms with Crippen LogP contribution in [0.15, 0.2) is 36.4 Å². The molecule has 3 rings (SSSR count). The minimum absolute atomic E-state index is 0.406. The summed E-state index contributed by atoms with van der Waals surface area (Å²) in [4.78, 5) is 0. The van der Waals surface area contributed by atoms with Gasteiger partial charge in [0.1, 0.15) is 5.75 Å². The fraction of sp³-hybridized carbons (Fsp3) is 0.368. The van der Waals surface area contributed by atoms with Gasteiger partial charge in [-0.1, -0.05) is 24.0 Å². The van der Waals surface area contributed by atoms with Gasteiger partial charge in [-0.3, -0.25) is 0 Å². The molecule has 0 N–H and O–H groups in total. The molecule has 1 aliphatic rings. The summed E-state index contributed by atoms with van der Waals surface area (Å²) >= 11 is 5.63. The van der Waals surface area contributed by atoms with Gasteiger partial charge in [0.15, 0.2) is 0 Å². The number of halogens is 1. The number of hydrogen-bond acceptors (Lipinski definition) is 1. The fourth-order valence-electron chi connectivity index (χ4n) is 2.79. The molecule has 0 aromatic heterocycles. The van der Waals surface area contributed by atoms with Crippen LogP contribution >= 0.6 is 11.6 Å². The Labute approximate surface area is 131 Å². The van der Waals surface area contributed by atoms with Crippen molar-refractivity contribution in [2.24, 2.45) is 0 Å². The fourth-order valence-corrected chi connectivity index (χ4v) is 2.88. The molecule has 0 spiro atoms. The van der Waals surface area contributed by atoms with Crippen LogP contribution in [0.1, 0.15) is 37.7 Å². The first-order valence-corrected chi connectivity index (χ1v) is 8.14. The van der Waals surface area contributed by atoms with E-state index >= 15 is 0 Å². The van der Waals surface area contributed by atoms with E-state index in [9.17, 15) is 0 Å². The van der Waals surface area contributed by atoms with Crippen LogP contribution in [0, 0.1) is 11.8 Å². The molecule has 0 heterocycles. The zero-order valence-corrected chi connectivity index (χ0v) is 12.8. The van der Waals surface area contributed by atoms with E-state index in [2.05, 4.69) is 48.2 Å². The maximum absolute atomic E-state index is 6.05. The van der Waals surface area contributed by atoms with E-state index in [4.69, 9.17) is 16.3 Å². The number of hydrogen-bond donors (Lipinski definition) is 0. The average Bonchev–Trinajstić information content (AvgIpc) is 3.00. The Morgan fingerprint density at radius 2 is 1.81 bits per heavy atom. The van der Waals surface area contributed by atoms with Gasteiger partial charge in [0.05, 0.1) is 6.10 Å². The van der Waals surface area contributed by atoms with E-state index in [0.717, 1.165) is 17.7 Å². The van der Waals surface area contributed by atoms with Crippen molar-refractivity contribution in [3.05, 3.63) is 42.0 Å².